The average Bonchev–Trinajstić information content (AvgIpc) is 2.10. The Hall–Kier alpha value is -0.700. The van der Waals surface area contributed by atoms with Gasteiger partial charge in [0.05, 0.1) is 0 Å². The summed E-state index contributed by atoms with van der Waals surface area (Å²) in [5.74, 6) is 6.38. The largest absolute Gasteiger partial charge is 0.103 e. The van der Waals surface area contributed by atoms with Crippen LogP contribution in [0, 0.1) is 11.8 Å². The molecule has 0 bridgehead atoms. The zero-order chi connectivity index (χ0) is 9.07. The number of hydrogen-bond acceptors (Lipinski definition) is 0. The molecule has 0 amide bonds. The van der Waals surface area contributed by atoms with Gasteiger partial charge in [-0.05, 0) is 25.7 Å². The fourth-order valence-electron chi connectivity index (χ4n) is 0.944. The van der Waals surface area contributed by atoms with Gasteiger partial charge in [-0.15, -0.1) is 18.4 Å². The first-order valence-corrected chi connectivity index (χ1v) is 4.98. The van der Waals surface area contributed by atoms with Gasteiger partial charge in [-0.1, -0.05) is 19.4 Å². The van der Waals surface area contributed by atoms with Crippen molar-refractivity contribution in [1.29, 1.82) is 0 Å². The number of unbranched alkanes of at least 4 members (excludes halogenated alkanes) is 5. The van der Waals surface area contributed by atoms with Gasteiger partial charge in [0.15, 0.2) is 0 Å². The van der Waals surface area contributed by atoms with Crippen LogP contribution in [0.1, 0.15) is 51.9 Å². The van der Waals surface area contributed by atoms with E-state index in [-0.39, 0.29) is 0 Å². The lowest BCUT2D eigenvalue weighted by Crippen LogP contribution is -1.72. The second-order valence-corrected chi connectivity index (χ2v) is 2.99. The standard InChI is InChI=1S/C12H20/c1-3-5-7-9-11-12-10-8-6-4-2/h3H,1,4-9,11H2,2H3. The van der Waals surface area contributed by atoms with Gasteiger partial charge in [0.25, 0.3) is 0 Å². The zero-order valence-corrected chi connectivity index (χ0v) is 8.23. The van der Waals surface area contributed by atoms with Gasteiger partial charge in [-0.25, -0.2) is 0 Å². The predicted octanol–water partition coefficient (Wildman–Crippen LogP) is 3.93. The maximum atomic E-state index is 3.68. The van der Waals surface area contributed by atoms with Crippen LogP contribution >= 0.6 is 0 Å². The minimum Gasteiger partial charge on any atom is -0.103 e. The van der Waals surface area contributed by atoms with E-state index in [2.05, 4.69) is 25.3 Å². The van der Waals surface area contributed by atoms with E-state index in [1.807, 2.05) is 6.08 Å². The number of rotatable bonds is 6. The maximum absolute atomic E-state index is 3.68. The van der Waals surface area contributed by atoms with Crippen molar-refractivity contribution >= 4 is 0 Å². The summed E-state index contributed by atoms with van der Waals surface area (Å²) >= 11 is 0. The highest BCUT2D eigenvalue weighted by Crippen LogP contribution is 1.99. The Morgan fingerprint density at radius 1 is 1.08 bits per heavy atom. The summed E-state index contributed by atoms with van der Waals surface area (Å²) in [4.78, 5) is 0. The van der Waals surface area contributed by atoms with Crippen molar-refractivity contribution in [3.05, 3.63) is 12.7 Å². The van der Waals surface area contributed by atoms with Crippen molar-refractivity contribution in [2.24, 2.45) is 0 Å². The molecule has 0 aliphatic heterocycles. The van der Waals surface area contributed by atoms with Crippen LogP contribution in [0.3, 0.4) is 0 Å². The Morgan fingerprint density at radius 2 is 1.75 bits per heavy atom. The van der Waals surface area contributed by atoms with Crippen molar-refractivity contribution in [1.82, 2.24) is 0 Å². The second-order valence-electron chi connectivity index (χ2n) is 2.99. The van der Waals surface area contributed by atoms with Crippen LogP contribution in [0.2, 0.25) is 0 Å². The summed E-state index contributed by atoms with van der Waals surface area (Å²) in [6, 6.07) is 0. The van der Waals surface area contributed by atoms with E-state index in [1.165, 1.54) is 25.7 Å². The molecule has 0 aromatic heterocycles. The first-order valence-electron chi connectivity index (χ1n) is 4.98. The van der Waals surface area contributed by atoms with Crippen LogP contribution in [0.4, 0.5) is 0 Å². The molecule has 0 saturated carbocycles. The highest BCUT2D eigenvalue weighted by atomic mass is 13.9. The molecule has 12 heavy (non-hydrogen) atoms. The molecule has 0 N–H and O–H groups in total. The van der Waals surface area contributed by atoms with E-state index >= 15 is 0 Å². The van der Waals surface area contributed by atoms with Gasteiger partial charge < -0.3 is 0 Å². The smallest absolute Gasteiger partial charge is 0.00887 e. The molecular weight excluding hydrogens is 144 g/mol. The molecule has 0 heterocycles. The van der Waals surface area contributed by atoms with Crippen LogP contribution in [0.5, 0.6) is 0 Å². The molecule has 0 aliphatic rings. The molecule has 0 spiro atoms. The molecule has 0 aliphatic carbocycles. The molecule has 0 radical (unpaired) electrons. The molecule has 0 saturated heterocycles. The summed E-state index contributed by atoms with van der Waals surface area (Å²) in [6.45, 7) is 5.88. The van der Waals surface area contributed by atoms with Crippen LogP contribution in [-0.4, -0.2) is 0 Å². The number of allylic oxidation sites excluding steroid dienone is 1. The summed E-state index contributed by atoms with van der Waals surface area (Å²) in [5, 5.41) is 0. The SMILES string of the molecule is C=CCCCCC#CCCCC. The van der Waals surface area contributed by atoms with Crippen molar-refractivity contribution < 1.29 is 0 Å². The van der Waals surface area contributed by atoms with E-state index in [0.717, 1.165) is 19.3 Å². The Labute approximate surface area is 77.1 Å². The normalized spacial score (nSPS) is 8.75. The van der Waals surface area contributed by atoms with Crippen molar-refractivity contribution in [3.63, 3.8) is 0 Å². The van der Waals surface area contributed by atoms with Crippen molar-refractivity contribution in [2.75, 3.05) is 0 Å². The third kappa shape index (κ3) is 9.30. The molecule has 0 aromatic carbocycles. The van der Waals surface area contributed by atoms with Crippen LogP contribution in [0.25, 0.3) is 0 Å². The Morgan fingerprint density at radius 3 is 2.33 bits per heavy atom. The summed E-state index contributed by atoms with van der Waals surface area (Å²) < 4.78 is 0. The first-order chi connectivity index (χ1) is 5.91. The monoisotopic (exact) mass is 164 g/mol. The lowest BCUT2D eigenvalue weighted by atomic mass is 10.2. The van der Waals surface area contributed by atoms with Crippen molar-refractivity contribution in [3.8, 4) is 11.8 Å². The van der Waals surface area contributed by atoms with Crippen LogP contribution in [0.15, 0.2) is 12.7 Å². The minimum absolute atomic E-state index is 1.07. The fraction of sp³-hybridized carbons (Fsp3) is 0.667. The molecule has 68 valence electrons. The summed E-state index contributed by atoms with van der Waals surface area (Å²) in [7, 11) is 0. The molecule has 0 nitrogen and oxygen atoms in total. The second kappa shape index (κ2) is 10.3. The zero-order valence-electron chi connectivity index (χ0n) is 8.23. The van der Waals surface area contributed by atoms with Crippen LogP contribution in [-0.2, 0) is 0 Å². The van der Waals surface area contributed by atoms with Gasteiger partial charge in [0.1, 0.15) is 0 Å². The van der Waals surface area contributed by atoms with Gasteiger partial charge >= 0.3 is 0 Å². The Bertz CT molecular complexity index is 145. The van der Waals surface area contributed by atoms with E-state index in [9.17, 15) is 0 Å². The third-order valence-corrected chi connectivity index (χ3v) is 1.74. The molecule has 0 rings (SSSR count). The lowest BCUT2D eigenvalue weighted by Gasteiger charge is -1.89. The summed E-state index contributed by atoms with van der Waals surface area (Å²) in [6.07, 6.45) is 10.2. The Balaban J connectivity index is 3.04. The average molecular weight is 164 g/mol. The van der Waals surface area contributed by atoms with E-state index in [1.54, 1.807) is 0 Å². The van der Waals surface area contributed by atoms with Gasteiger partial charge in [-0.2, -0.15) is 0 Å². The highest BCUT2D eigenvalue weighted by Gasteiger charge is 1.81. The fourth-order valence-corrected chi connectivity index (χ4v) is 0.944. The Kier molecular flexibility index (Phi) is 9.70. The van der Waals surface area contributed by atoms with Gasteiger partial charge in [0, 0.05) is 12.8 Å². The van der Waals surface area contributed by atoms with Gasteiger partial charge in [0.2, 0.25) is 0 Å². The molecule has 0 atom stereocenters. The molecule has 0 fully saturated rings. The third-order valence-electron chi connectivity index (χ3n) is 1.74. The molecular formula is C12H20. The lowest BCUT2D eigenvalue weighted by molar-refractivity contribution is 0.771. The topological polar surface area (TPSA) is 0 Å². The number of hydrogen-bond donors (Lipinski definition) is 0. The first kappa shape index (κ1) is 11.3. The maximum Gasteiger partial charge on any atom is 0.00887 e. The molecule has 0 aromatic rings. The summed E-state index contributed by atoms with van der Waals surface area (Å²) in [5.41, 5.74) is 0. The highest BCUT2D eigenvalue weighted by molar-refractivity contribution is 4.98. The van der Waals surface area contributed by atoms with Gasteiger partial charge in [-0.3, -0.25) is 0 Å². The van der Waals surface area contributed by atoms with E-state index < -0.39 is 0 Å². The predicted molar refractivity (Wildman–Crippen MR) is 56.0 cm³/mol. The minimum atomic E-state index is 1.07. The van der Waals surface area contributed by atoms with E-state index in [4.69, 9.17) is 0 Å². The molecule has 0 heteroatoms. The van der Waals surface area contributed by atoms with E-state index in [0.29, 0.717) is 0 Å². The van der Waals surface area contributed by atoms with Crippen molar-refractivity contribution in [2.45, 2.75) is 51.9 Å². The molecule has 0 unspecified atom stereocenters. The van der Waals surface area contributed by atoms with Crippen LogP contribution < -0.4 is 0 Å². The quantitative estimate of drug-likeness (QED) is 0.317.